The average molecular weight is 281 g/mol. The maximum Gasteiger partial charge on any atom is 0.251 e. The minimum Gasteiger partial charge on any atom is -0.504 e. The number of thioether (sulfide) groups is 1. The van der Waals surface area contributed by atoms with Crippen LogP contribution in [-0.4, -0.2) is 35.7 Å². The Kier molecular flexibility index (Phi) is 4.58. The number of hydrogen-bond acceptors (Lipinski definition) is 4. The predicted molar refractivity (Wildman–Crippen MR) is 77.1 cm³/mol. The second-order valence-corrected chi connectivity index (χ2v) is 5.75. The number of ether oxygens (including phenoxy) is 1. The number of carbonyl (C=O) groups is 1. The van der Waals surface area contributed by atoms with Crippen molar-refractivity contribution in [3.63, 3.8) is 0 Å². The Morgan fingerprint density at radius 1 is 1.47 bits per heavy atom. The van der Waals surface area contributed by atoms with Gasteiger partial charge in [-0.3, -0.25) is 4.79 Å². The monoisotopic (exact) mass is 281 g/mol. The summed E-state index contributed by atoms with van der Waals surface area (Å²) in [6, 6.07) is 4.94. The molecular formula is C14H19NO3S. The quantitative estimate of drug-likeness (QED) is 0.890. The zero-order chi connectivity index (χ0) is 13.8. The van der Waals surface area contributed by atoms with Crippen molar-refractivity contribution in [3.8, 4) is 11.5 Å². The van der Waals surface area contributed by atoms with Crippen LogP contribution in [-0.2, 0) is 0 Å². The van der Waals surface area contributed by atoms with Crippen LogP contribution >= 0.6 is 11.8 Å². The standard InChI is InChI=1S/C14H19NO3S/c1-18-12-7-6-9(8-11(12)16)14(17)15-10-4-3-5-13(10)19-2/h6-8,10,13,16H,3-5H2,1-2H3,(H,15,17). The van der Waals surface area contributed by atoms with Gasteiger partial charge in [0.1, 0.15) is 0 Å². The Labute approximate surface area is 117 Å². The average Bonchev–Trinajstić information content (AvgIpc) is 2.85. The van der Waals surface area contributed by atoms with Crippen LogP contribution in [0.4, 0.5) is 0 Å². The van der Waals surface area contributed by atoms with Crippen molar-refractivity contribution >= 4 is 17.7 Å². The second-order valence-electron chi connectivity index (χ2n) is 4.67. The molecule has 1 saturated carbocycles. The Balaban J connectivity index is 2.05. The molecular weight excluding hydrogens is 262 g/mol. The summed E-state index contributed by atoms with van der Waals surface area (Å²) in [6.45, 7) is 0. The summed E-state index contributed by atoms with van der Waals surface area (Å²) < 4.78 is 4.96. The van der Waals surface area contributed by atoms with Crippen molar-refractivity contribution in [2.24, 2.45) is 0 Å². The van der Waals surface area contributed by atoms with E-state index in [2.05, 4.69) is 11.6 Å². The van der Waals surface area contributed by atoms with E-state index in [1.54, 1.807) is 23.9 Å². The van der Waals surface area contributed by atoms with Crippen molar-refractivity contribution in [1.29, 1.82) is 0 Å². The van der Waals surface area contributed by atoms with Crippen LogP contribution in [0, 0.1) is 0 Å². The molecule has 0 heterocycles. The van der Waals surface area contributed by atoms with E-state index < -0.39 is 0 Å². The van der Waals surface area contributed by atoms with E-state index in [9.17, 15) is 9.90 Å². The van der Waals surface area contributed by atoms with Crippen LogP contribution in [0.25, 0.3) is 0 Å². The summed E-state index contributed by atoms with van der Waals surface area (Å²) in [4.78, 5) is 12.1. The number of amides is 1. The highest BCUT2D eigenvalue weighted by Crippen LogP contribution is 2.29. The van der Waals surface area contributed by atoms with Crippen LogP contribution in [0.1, 0.15) is 29.6 Å². The molecule has 0 bridgehead atoms. The van der Waals surface area contributed by atoms with Gasteiger partial charge >= 0.3 is 0 Å². The maximum atomic E-state index is 12.1. The molecule has 1 aromatic rings. The number of hydrogen-bond donors (Lipinski definition) is 2. The Morgan fingerprint density at radius 2 is 2.26 bits per heavy atom. The fraction of sp³-hybridized carbons (Fsp3) is 0.500. The van der Waals surface area contributed by atoms with E-state index in [1.807, 2.05) is 0 Å². The normalized spacial score (nSPS) is 22.2. The summed E-state index contributed by atoms with van der Waals surface area (Å²) in [5.74, 6) is 0.228. The lowest BCUT2D eigenvalue weighted by atomic mass is 10.1. The molecule has 2 atom stereocenters. The number of rotatable bonds is 4. The Morgan fingerprint density at radius 3 is 2.89 bits per heavy atom. The predicted octanol–water partition coefficient (Wildman–Crippen LogP) is 2.41. The molecule has 2 N–H and O–H groups in total. The summed E-state index contributed by atoms with van der Waals surface area (Å²) in [7, 11) is 1.48. The van der Waals surface area contributed by atoms with Gasteiger partial charge in [-0.05, 0) is 37.3 Å². The highest BCUT2D eigenvalue weighted by Gasteiger charge is 2.28. The van der Waals surface area contributed by atoms with E-state index in [-0.39, 0.29) is 17.7 Å². The van der Waals surface area contributed by atoms with Crippen molar-refractivity contribution in [2.75, 3.05) is 13.4 Å². The number of nitrogens with one attached hydrogen (secondary N) is 1. The minimum atomic E-state index is -0.135. The van der Waals surface area contributed by atoms with E-state index in [0.29, 0.717) is 16.6 Å². The van der Waals surface area contributed by atoms with Gasteiger partial charge in [0.05, 0.1) is 7.11 Å². The van der Waals surface area contributed by atoms with Crippen molar-refractivity contribution < 1.29 is 14.6 Å². The van der Waals surface area contributed by atoms with Gasteiger partial charge in [0.25, 0.3) is 5.91 Å². The molecule has 104 valence electrons. The lowest BCUT2D eigenvalue weighted by molar-refractivity contribution is 0.0938. The number of carbonyl (C=O) groups excluding carboxylic acids is 1. The largest absolute Gasteiger partial charge is 0.504 e. The fourth-order valence-electron chi connectivity index (χ4n) is 2.46. The van der Waals surface area contributed by atoms with E-state index in [1.165, 1.54) is 13.2 Å². The Bertz CT molecular complexity index is 464. The molecule has 4 nitrogen and oxygen atoms in total. The molecule has 2 rings (SSSR count). The van der Waals surface area contributed by atoms with Gasteiger partial charge in [0.15, 0.2) is 11.5 Å². The first-order valence-corrected chi connectivity index (χ1v) is 7.65. The van der Waals surface area contributed by atoms with Gasteiger partial charge in [-0.15, -0.1) is 0 Å². The molecule has 1 aliphatic carbocycles. The number of phenols is 1. The summed E-state index contributed by atoms with van der Waals surface area (Å²) in [5.41, 5.74) is 0.463. The lowest BCUT2D eigenvalue weighted by Gasteiger charge is -2.19. The molecule has 0 radical (unpaired) electrons. The molecule has 1 amide bonds. The fourth-order valence-corrected chi connectivity index (χ4v) is 3.39. The van der Waals surface area contributed by atoms with Gasteiger partial charge in [-0.25, -0.2) is 0 Å². The smallest absolute Gasteiger partial charge is 0.251 e. The number of benzene rings is 1. The van der Waals surface area contributed by atoms with Crippen LogP contribution < -0.4 is 10.1 Å². The van der Waals surface area contributed by atoms with Gasteiger partial charge in [-0.1, -0.05) is 6.42 Å². The van der Waals surface area contributed by atoms with Gasteiger partial charge in [-0.2, -0.15) is 11.8 Å². The zero-order valence-electron chi connectivity index (χ0n) is 11.2. The van der Waals surface area contributed by atoms with Gasteiger partial charge in [0.2, 0.25) is 0 Å². The third kappa shape index (κ3) is 3.15. The SMILES string of the molecule is COc1ccc(C(=O)NC2CCCC2SC)cc1O. The number of aromatic hydroxyl groups is 1. The summed E-state index contributed by atoms with van der Waals surface area (Å²) in [5, 5.41) is 13.2. The zero-order valence-corrected chi connectivity index (χ0v) is 12.0. The topological polar surface area (TPSA) is 58.6 Å². The van der Waals surface area contributed by atoms with Crippen molar-refractivity contribution in [3.05, 3.63) is 23.8 Å². The van der Waals surface area contributed by atoms with Crippen LogP contribution in [0.5, 0.6) is 11.5 Å². The summed E-state index contributed by atoms with van der Waals surface area (Å²) in [6.07, 6.45) is 5.41. The molecule has 0 spiro atoms. The minimum absolute atomic E-state index is 0.0111. The molecule has 2 unspecified atom stereocenters. The third-order valence-corrected chi connectivity index (χ3v) is 4.68. The maximum absolute atomic E-state index is 12.1. The second kappa shape index (κ2) is 6.19. The Hall–Kier alpha value is -1.36. The highest BCUT2D eigenvalue weighted by molar-refractivity contribution is 7.99. The first-order valence-electron chi connectivity index (χ1n) is 6.36. The van der Waals surface area contributed by atoms with Crippen LogP contribution in [0.2, 0.25) is 0 Å². The first-order chi connectivity index (χ1) is 9.15. The van der Waals surface area contributed by atoms with Crippen LogP contribution in [0.15, 0.2) is 18.2 Å². The highest BCUT2D eigenvalue weighted by atomic mass is 32.2. The first kappa shape index (κ1) is 14.1. The van der Waals surface area contributed by atoms with E-state index >= 15 is 0 Å². The third-order valence-electron chi connectivity index (χ3n) is 3.51. The molecule has 1 aliphatic rings. The number of methoxy groups -OCH3 is 1. The van der Waals surface area contributed by atoms with Crippen LogP contribution in [0.3, 0.4) is 0 Å². The molecule has 0 aromatic heterocycles. The molecule has 0 aliphatic heterocycles. The molecule has 1 aromatic carbocycles. The molecule has 19 heavy (non-hydrogen) atoms. The van der Waals surface area contributed by atoms with E-state index in [4.69, 9.17) is 4.74 Å². The number of phenolic OH excluding ortho intramolecular Hbond substituents is 1. The van der Waals surface area contributed by atoms with Crippen molar-refractivity contribution in [2.45, 2.75) is 30.6 Å². The van der Waals surface area contributed by atoms with Gasteiger partial charge in [0, 0.05) is 16.9 Å². The van der Waals surface area contributed by atoms with Crippen molar-refractivity contribution in [1.82, 2.24) is 5.32 Å². The summed E-state index contributed by atoms with van der Waals surface area (Å²) >= 11 is 1.80. The molecule has 1 fully saturated rings. The van der Waals surface area contributed by atoms with E-state index in [0.717, 1.165) is 19.3 Å². The van der Waals surface area contributed by atoms with Gasteiger partial charge < -0.3 is 15.2 Å². The molecule has 0 saturated heterocycles. The lowest BCUT2D eigenvalue weighted by Crippen LogP contribution is -2.38. The molecule has 5 heteroatoms.